The molecule has 0 aromatic heterocycles. The van der Waals surface area contributed by atoms with Crippen molar-refractivity contribution >= 4 is 21.8 Å². The van der Waals surface area contributed by atoms with Crippen molar-refractivity contribution in [2.75, 3.05) is 39.4 Å². The molecule has 1 fully saturated rings. The summed E-state index contributed by atoms with van der Waals surface area (Å²) in [6, 6.07) is 3.02. The van der Waals surface area contributed by atoms with E-state index in [0.717, 1.165) is 18.2 Å². The van der Waals surface area contributed by atoms with Gasteiger partial charge in [0.05, 0.1) is 30.2 Å². The van der Waals surface area contributed by atoms with Gasteiger partial charge in [-0.05, 0) is 25.1 Å². The van der Waals surface area contributed by atoms with Crippen LogP contribution in [0, 0.1) is 5.82 Å². The average Bonchev–Trinajstić information content (AvgIpc) is 2.61. The molecule has 1 saturated heterocycles. The Balaban J connectivity index is 2.19. The van der Waals surface area contributed by atoms with Gasteiger partial charge in [-0.1, -0.05) is 0 Å². The molecule has 2 N–H and O–H groups in total. The number of morpholine rings is 1. The number of hydrogen-bond acceptors (Lipinski definition) is 5. The van der Waals surface area contributed by atoms with Crippen LogP contribution in [0.1, 0.15) is 17.3 Å². The summed E-state index contributed by atoms with van der Waals surface area (Å²) in [6.45, 7) is 2.74. The van der Waals surface area contributed by atoms with Crippen LogP contribution in [0.25, 0.3) is 0 Å². The van der Waals surface area contributed by atoms with Crippen LogP contribution in [0.2, 0.25) is 0 Å². The van der Waals surface area contributed by atoms with Crippen molar-refractivity contribution in [2.45, 2.75) is 11.8 Å². The van der Waals surface area contributed by atoms with E-state index in [1.165, 1.54) is 4.31 Å². The molecule has 0 radical (unpaired) electrons. The van der Waals surface area contributed by atoms with Crippen molar-refractivity contribution in [3.8, 4) is 0 Å². The zero-order valence-electron chi connectivity index (χ0n) is 13.7. The maximum absolute atomic E-state index is 13.9. The highest BCUT2D eigenvalue weighted by Crippen LogP contribution is 2.20. The first-order valence-electron chi connectivity index (χ1n) is 7.78. The van der Waals surface area contributed by atoms with E-state index in [-0.39, 0.29) is 37.7 Å². The van der Waals surface area contributed by atoms with Crippen LogP contribution < -0.4 is 10.6 Å². The molecule has 1 heterocycles. The summed E-state index contributed by atoms with van der Waals surface area (Å²) in [5.41, 5.74) is -0.432. The number of nitrogens with zero attached hydrogens (tertiary/aromatic N) is 1. The fraction of sp³-hybridized carbons (Fsp3) is 0.467. The molecule has 10 heteroatoms. The van der Waals surface area contributed by atoms with Crippen molar-refractivity contribution < 1.29 is 27.1 Å². The largest absolute Gasteiger partial charge is 0.379 e. The highest BCUT2D eigenvalue weighted by molar-refractivity contribution is 7.89. The summed E-state index contributed by atoms with van der Waals surface area (Å²) in [6.07, 6.45) is 0. The summed E-state index contributed by atoms with van der Waals surface area (Å²) in [5, 5.41) is 4.75. The molecule has 138 valence electrons. The molecular weight excluding hydrogens is 353 g/mol. The summed E-state index contributed by atoms with van der Waals surface area (Å²) in [4.78, 5) is 23.3. The predicted octanol–water partition coefficient (Wildman–Crippen LogP) is -0.287. The predicted molar refractivity (Wildman–Crippen MR) is 87.0 cm³/mol. The first kappa shape index (κ1) is 19.3. The minimum absolute atomic E-state index is 0.182. The Morgan fingerprint density at radius 3 is 2.56 bits per heavy atom. The second-order valence-electron chi connectivity index (χ2n) is 5.29. The zero-order chi connectivity index (χ0) is 18.4. The Morgan fingerprint density at radius 2 is 1.92 bits per heavy atom. The van der Waals surface area contributed by atoms with Crippen LogP contribution in [0.15, 0.2) is 23.1 Å². The first-order chi connectivity index (χ1) is 11.9. The third-order valence-corrected chi connectivity index (χ3v) is 5.47. The van der Waals surface area contributed by atoms with Gasteiger partial charge in [0.2, 0.25) is 15.9 Å². The van der Waals surface area contributed by atoms with Crippen LogP contribution in [0.5, 0.6) is 0 Å². The van der Waals surface area contributed by atoms with E-state index in [2.05, 4.69) is 10.6 Å². The quantitative estimate of drug-likeness (QED) is 0.713. The lowest BCUT2D eigenvalue weighted by molar-refractivity contribution is -0.120. The number of likely N-dealkylation sites (N-methyl/N-ethyl adjacent to an activating group) is 1. The number of amides is 2. The van der Waals surface area contributed by atoms with Crippen molar-refractivity contribution in [1.82, 2.24) is 14.9 Å². The third kappa shape index (κ3) is 4.74. The Hall–Kier alpha value is -2.04. The zero-order valence-corrected chi connectivity index (χ0v) is 14.6. The number of benzene rings is 1. The molecule has 1 aliphatic rings. The second-order valence-corrected chi connectivity index (χ2v) is 7.23. The highest BCUT2D eigenvalue weighted by atomic mass is 32.2. The Bertz CT molecular complexity index is 748. The fourth-order valence-corrected chi connectivity index (χ4v) is 3.73. The number of sulfonamides is 1. The van der Waals surface area contributed by atoms with Gasteiger partial charge in [-0.2, -0.15) is 4.31 Å². The van der Waals surface area contributed by atoms with Gasteiger partial charge in [-0.3, -0.25) is 9.59 Å². The van der Waals surface area contributed by atoms with Crippen molar-refractivity contribution in [3.05, 3.63) is 29.6 Å². The molecule has 1 aromatic carbocycles. The number of hydrogen-bond donors (Lipinski definition) is 2. The Kier molecular flexibility index (Phi) is 6.45. The van der Waals surface area contributed by atoms with Crippen molar-refractivity contribution in [1.29, 1.82) is 0 Å². The number of ether oxygens (including phenoxy) is 1. The molecule has 0 spiro atoms. The molecule has 1 aliphatic heterocycles. The monoisotopic (exact) mass is 373 g/mol. The van der Waals surface area contributed by atoms with Crippen LogP contribution in [-0.2, 0) is 19.6 Å². The minimum Gasteiger partial charge on any atom is -0.379 e. The topological polar surface area (TPSA) is 105 Å². The number of halogens is 1. The Morgan fingerprint density at radius 1 is 1.24 bits per heavy atom. The summed E-state index contributed by atoms with van der Waals surface area (Å²) < 4.78 is 45.4. The Labute approximate surface area is 145 Å². The first-order valence-corrected chi connectivity index (χ1v) is 9.22. The van der Waals surface area contributed by atoms with Gasteiger partial charge in [0.15, 0.2) is 0 Å². The number of rotatable bonds is 6. The third-order valence-electron chi connectivity index (χ3n) is 3.57. The lowest BCUT2D eigenvalue weighted by Crippen LogP contribution is -2.40. The molecule has 0 bridgehead atoms. The standard InChI is InChI=1S/C15H20FN3O5S/c1-2-17-14(20)10-18-15(21)12-9-11(3-4-13(12)16)25(22,23)19-5-7-24-8-6-19/h3-4,9H,2,5-8,10H2,1H3,(H,17,20)(H,18,21). The van der Waals surface area contributed by atoms with E-state index in [1.807, 2.05) is 0 Å². The average molecular weight is 373 g/mol. The number of carbonyl (C=O) groups excluding carboxylic acids is 2. The smallest absolute Gasteiger partial charge is 0.254 e. The van der Waals surface area contributed by atoms with Gasteiger partial charge in [-0.15, -0.1) is 0 Å². The van der Waals surface area contributed by atoms with E-state index in [0.29, 0.717) is 6.54 Å². The lowest BCUT2D eigenvalue weighted by Gasteiger charge is -2.26. The maximum Gasteiger partial charge on any atom is 0.254 e. The number of nitrogens with one attached hydrogen (secondary N) is 2. The van der Waals surface area contributed by atoms with Gasteiger partial charge in [0.25, 0.3) is 5.91 Å². The van der Waals surface area contributed by atoms with Crippen LogP contribution in [0.3, 0.4) is 0 Å². The van der Waals surface area contributed by atoms with Gasteiger partial charge < -0.3 is 15.4 Å². The summed E-state index contributed by atoms with van der Waals surface area (Å²) in [7, 11) is -3.85. The molecule has 0 aliphatic carbocycles. The molecule has 1 aromatic rings. The normalized spacial score (nSPS) is 15.6. The van der Waals surface area contributed by atoms with Gasteiger partial charge in [0.1, 0.15) is 5.82 Å². The molecule has 2 amide bonds. The molecule has 8 nitrogen and oxygen atoms in total. The molecule has 0 unspecified atom stereocenters. The maximum atomic E-state index is 13.9. The van der Waals surface area contributed by atoms with Gasteiger partial charge >= 0.3 is 0 Å². The van der Waals surface area contributed by atoms with Crippen LogP contribution in [0.4, 0.5) is 4.39 Å². The van der Waals surface area contributed by atoms with E-state index in [4.69, 9.17) is 4.74 Å². The molecule has 0 atom stereocenters. The number of carbonyl (C=O) groups is 2. The summed E-state index contributed by atoms with van der Waals surface area (Å²) >= 11 is 0. The van der Waals surface area contributed by atoms with Gasteiger partial charge in [-0.25, -0.2) is 12.8 Å². The van der Waals surface area contributed by atoms with E-state index in [9.17, 15) is 22.4 Å². The lowest BCUT2D eigenvalue weighted by atomic mass is 10.2. The molecule has 0 saturated carbocycles. The fourth-order valence-electron chi connectivity index (χ4n) is 2.29. The molecule has 25 heavy (non-hydrogen) atoms. The molecule has 2 rings (SSSR count). The van der Waals surface area contributed by atoms with Crippen molar-refractivity contribution in [2.24, 2.45) is 0 Å². The van der Waals surface area contributed by atoms with E-state index < -0.39 is 33.2 Å². The van der Waals surface area contributed by atoms with Crippen molar-refractivity contribution in [3.63, 3.8) is 0 Å². The summed E-state index contributed by atoms with van der Waals surface area (Å²) in [5.74, 6) is -2.15. The van der Waals surface area contributed by atoms with E-state index >= 15 is 0 Å². The van der Waals surface area contributed by atoms with Crippen LogP contribution in [-0.4, -0.2) is 63.9 Å². The molecular formula is C15H20FN3O5S. The highest BCUT2D eigenvalue weighted by Gasteiger charge is 2.27. The van der Waals surface area contributed by atoms with Crippen LogP contribution >= 0.6 is 0 Å². The van der Waals surface area contributed by atoms with E-state index in [1.54, 1.807) is 6.92 Å². The van der Waals surface area contributed by atoms with Gasteiger partial charge in [0, 0.05) is 19.6 Å². The SMILES string of the molecule is CCNC(=O)CNC(=O)c1cc(S(=O)(=O)N2CCOCC2)ccc1F. The minimum atomic E-state index is -3.85. The second kappa shape index (κ2) is 8.37.